The van der Waals surface area contributed by atoms with E-state index in [1.807, 2.05) is 31.2 Å². The predicted molar refractivity (Wildman–Crippen MR) is 88.6 cm³/mol. The number of aromatic nitrogens is 2. The molecule has 0 saturated heterocycles. The lowest BCUT2D eigenvalue weighted by molar-refractivity contribution is 0.0699. The highest BCUT2D eigenvalue weighted by Gasteiger charge is 2.12. The summed E-state index contributed by atoms with van der Waals surface area (Å²) in [5, 5.41) is 18.4. The SMILES string of the molecule is C/C(=C\Cc1cccc2nc3cccc(C(=O)O)c3nc12)CO. The minimum atomic E-state index is -1.02. The van der Waals surface area contributed by atoms with E-state index in [0.717, 1.165) is 16.7 Å². The Morgan fingerprint density at radius 2 is 1.78 bits per heavy atom. The highest BCUT2D eigenvalue weighted by Crippen LogP contribution is 2.22. The standard InChI is InChI=1S/C18H16N2O3/c1-11(10-21)8-9-12-4-2-6-14-16(12)20-17-13(18(22)23)5-3-7-15(17)19-14/h2-8,21H,9-10H2,1H3,(H,22,23)/b11-8+. The Labute approximate surface area is 132 Å². The normalized spacial score (nSPS) is 12.0. The number of hydrogen-bond donors (Lipinski definition) is 2. The number of nitrogens with zero attached hydrogens (tertiary/aromatic N) is 2. The first kappa shape index (κ1) is 15.1. The Bertz CT molecular complexity index is 932. The lowest BCUT2D eigenvalue weighted by atomic mass is 10.1. The van der Waals surface area contributed by atoms with Gasteiger partial charge in [-0.3, -0.25) is 0 Å². The fourth-order valence-corrected chi connectivity index (χ4v) is 2.46. The predicted octanol–water partition coefficient (Wildman–Crippen LogP) is 2.96. The summed E-state index contributed by atoms with van der Waals surface area (Å²) in [6, 6.07) is 10.7. The second-order valence-electron chi connectivity index (χ2n) is 5.40. The van der Waals surface area contributed by atoms with Gasteiger partial charge in [0.2, 0.25) is 0 Å². The summed E-state index contributed by atoms with van der Waals surface area (Å²) in [4.78, 5) is 20.5. The minimum absolute atomic E-state index is 0.0164. The lowest BCUT2D eigenvalue weighted by Gasteiger charge is -2.07. The molecule has 0 amide bonds. The van der Waals surface area contributed by atoms with Crippen LogP contribution in [0.3, 0.4) is 0 Å². The number of para-hydroxylation sites is 2. The molecule has 0 aliphatic heterocycles. The van der Waals surface area contributed by atoms with Crippen LogP contribution in [-0.4, -0.2) is 32.8 Å². The molecule has 3 aromatic rings. The number of aliphatic hydroxyl groups excluding tert-OH is 1. The van der Waals surface area contributed by atoms with Crippen molar-refractivity contribution in [1.82, 2.24) is 9.97 Å². The molecule has 0 unspecified atom stereocenters. The van der Waals surface area contributed by atoms with Gasteiger partial charge in [-0.15, -0.1) is 0 Å². The van der Waals surface area contributed by atoms with Crippen LogP contribution in [0.5, 0.6) is 0 Å². The summed E-state index contributed by atoms with van der Waals surface area (Å²) in [7, 11) is 0. The second-order valence-corrected chi connectivity index (χ2v) is 5.40. The number of fused-ring (bicyclic) bond motifs is 2. The number of hydrogen-bond acceptors (Lipinski definition) is 4. The zero-order chi connectivity index (χ0) is 16.4. The van der Waals surface area contributed by atoms with Gasteiger partial charge in [-0.2, -0.15) is 0 Å². The molecular weight excluding hydrogens is 292 g/mol. The van der Waals surface area contributed by atoms with E-state index < -0.39 is 5.97 Å². The van der Waals surface area contributed by atoms with Crippen LogP contribution in [0.2, 0.25) is 0 Å². The molecule has 0 spiro atoms. The van der Waals surface area contributed by atoms with Gasteiger partial charge in [0, 0.05) is 0 Å². The van der Waals surface area contributed by atoms with E-state index in [0.29, 0.717) is 23.0 Å². The van der Waals surface area contributed by atoms with Crippen molar-refractivity contribution in [3.05, 3.63) is 59.2 Å². The molecular formula is C18H16N2O3. The van der Waals surface area contributed by atoms with E-state index in [1.54, 1.807) is 12.1 Å². The number of carboxylic acid groups (broad SMARTS) is 1. The second kappa shape index (κ2) is 6.14. The van der Waals surface area contributed by atoms with Crippen LogP contribution in [0.25, 0.3) is 22.1 Å². The van der Waals surface area contributed by atoms with Crippen LogP contribution in [0.4, 0.5) is 0 Å². The molecule has 23 heavy (non-hydrogen) atoms. The summed E-state index contributed by atoms with van der Waals surface area (Å²) in [5.41, 5.74) is 4.35. The zero-order valence-electron chi connectivity index (χ0n) is 12.7. The van der Waals surface area contributed by atoms with E-state index in [1.165, 1.54) is 6.07 Å². The first-order valence-corrected chi connectivity index (χ1v) is 7.28. The van der Waals surface area contributed by atoms with Crippen LogP contribution in [0.15, 0.2) is 48.0 Å². The van der Waals surface area contributed by atoms with E-state index >= 15 is 0 Å². The Morgan fingerprint density at radius 1 is 1.09 bits per heavy atom. The van der Waals surface area contributed by atoms with Crippen molar-refractivity contribution in [3.63, 3.8) is 0 Å². The van der Waals surface area contributed by atoms with E-state index in [9.17, 15) is 9.90 Å². The first-order chi connectivity index (χ1) is 11.1. The molecule has 0 bridgehead atoms. The molecule has 5 heteroatoms. The number of carbonyl (C=O) groups is 1. The Balaban J connectivity index is 2.23. The average Bonchev–Trinajstić information content (AvgIpc) is 2.57. The van der Waals surface area contributed by atoms with Gasteiger partial charge in [0.05, 0.1) is 28.7 Å². The third kappa shape index (κ3) is 2.91. The van der Waals surface area contributed by atoms with Crippen molar-refractivity contribution in [3.8, 4) is 0 Å². The summed E-state index contributed by atoms with van der Waals surface area (Å²) >= 11 is 0. The summed E-state index contributed by atoms with van der Waals surface area (Å²) in [5.74, 6) is -1.02. The van der Waals surface area contributed by atoms with Crippen molar-refractivity contribution < 1.29 is 15.0 Å². The number of aromatic carboxylic acids is 1. The molecule has 0 radical (unpaired) electrons. The van der Waals surface area contributed by atoms with Gasteiger partial charge >= 0.3 is 5.97 Å². The Hall–Kier alpha value is -2.79. The minimum Gasteiger partial charge on any atom is -0.478 e. The third-order valence-corrected chi connectivity index (χ3v) is 3.73. The molecule has 0 fully saturated rings. The molecule has 2 N–H and O–H groups in total. The fraction of sp³-hybridized carbons (Fsp3) is 0.167. The van der Waals surface area contributed by atoms with E-state index in [4.69, 9.17) is 5.11 Å². The summed E-state index contributed by atoms with van der Waals surface area (Å²) in [6.45, 7) is 1.87. The van der Waals surface area contributed by atoms with E-state index in [-0.39, 0.29) is 12.2 Å². The first-order valence-electron chi connectivity index (χ1n) is 7.28. The van der Waals surface area contributed by atoms with Gasteiger partial charge in [-0.1, -0.05) is 29.8 Å². The maximum absolute atomic E-state index is 11.4. The highest BCUT2D eigenvalue weighted by atomic mass is 16.4. The van der Waals surface area contributed by atoms with Gasteiger partial charge < -0.3 is 10.2 Å². The summed E-state index contributed by atoms with van der Waals surface area (Å²) < 4.78 is 0. The van der Waals surface area contributed by atoms with Gasteiger partial charge in [0.1, 0.15) is 5.52 Å². The quantitative estimate of drug-likeness (QED) is 0.572. The number of allylic oxidation sites excluding steroid dienone is 1. The van der Waals surface area contributed by atoms with Crippen LogP contribution in [0.1, 0.15) is 22.8 Å². The van der Waals surface area contributed by atoms with Gasteiger partial charge in [-0.25, -0.2) is 14.8 Å². The molecule has 5 nitrogen and oxygen atoms in total. The molecule has 0 saturated carbocycles. The molecule has 0 atom stereocenters. The maximum Gasteiger partial charge on any atom is 0.337 e. The number of benzene rings is 2. The van der Waals surface area contributed by atoms with Crippen LogP contribution < -0.4 is 0 Å². The molecule has 1 heterocycles. The molecule has 0 aliphatic carbocycles. The van der Waals surface area contributed by atoms with Crippen molar-refractivity contribution in [2.75, 3.05) is 6.61 Å². The van der Waals surface area contributed by atoms with Crippen LogP contribution >= 0.6 is 0 Å². The third-order valence-electron chi connectivity index (χ3n) is 3.73. The number of carboxylic acids is 1. The Morgan fingerprint density at radius 3 is 2.48 bits per heavy atom. The largest absolute Gasteiger partial charge is 0.478 e. The molecule has 0 aliphatic rings. The molecule has 116 valence electrons. The zero-order valence-corrected chi connectivity index (χ0v) is 12.7. The van der Waals surface area contributed by atoms with Gasteiger partial charge in [0.15, 0.2) is 0 Å². The number of aliphatic hydroxyl groups is 1. The fourth-order valence-electron chi connectivity index (χ4n) is 2.46. The smallest absolute Gasteiger partial charge is 0.337 e. The van der Waals surface area contributed by atoms with Crippen molar-refractivity contribution in [2.24, 2.45) is 0 Å². The van der Waals surface area contributed by atoms with E-state index in [2.05, 4.69) is 9.97 Å². The van der Waals surface area contributed by atoms with Crippen molar-refractivity contribution in [2.45, 2.75) is 13.3 Å². The monoisotopic (exact) mass is 308 g/mol. The molecule has 3 rings (SSSR count). The maximum atomic E-state index is 11.4. The highest BCUT2D eigenvalue weighted by molar-refractivity contribution is 6.02. The molecule has 2 aromatic carbocycles. The topological polar surface area (TPSA) is 83.3 Å². The summed E-state index contributed by atoms with van der Waals surface area (Å²) in [6.07, 6.45) is 2.54. The lowest BCUT2D eigenvalue weighted by Crippen LogP contribution is -2.01. The molecule has 1 aromatic heterocycles. The van der Waals surface area contributed by atoms with Gasteiger partial charge in [0.25, 0.3) is 0 Å². The van der Waals surface area contributed by atoms with Crippen molar-refractivity contribution in [1.29, 1.82) is 0 Å². The van der Waals surface area contributed by atoms with Crippen molar-refractivity contribution >= 4 is 28.0 Å². The van der Waals surface area contributed by atoms with Crippen LogP contribution in [-0.2, 0) is 6.42 Å². The van der Waals surface area contributed by atoms with Crippen LogP contribution in [0, 0.1) is 0 Å². The van der Waals surface area contributed by atoms with Gasteiger partial charge in [-0.05, 0) is 37.1 Å². The Kier molecular flexibility index (Phi) is 4.04. The number of rotatable bonds is 4. The average molecular weight is 308 g/mol.